The molecule has 0 amide bonds. The lowest BCUT2D eigenvalue weighted by Crippen LogP contribution is -2.02. The lowest BCUT2D eigenvalue weighted by Gasteiger charge is -2.16. The molecule has 0 bridgehead atoms. The zero-order valence-corrected chi connectivity index (χ0v) is 14.2. The van der Waals surface area contributed by atoms with Crippen molar-refractivity contribution in [2.24, 2.45) is 16.7 Å². The SMILES string of the molecule is CC1(C)C(C(Br)c2cc(Cl)cc3c2OCC3)C1(C)C. The minimum absolute atomic E-state index is 0.308. The summed E-state index contributed by atoms with van der Waals surface area (Å²) in [5.41, 5.74) is 3.16. The zero-order valence-electron chi connectivity index (χ0n) is 11.9. The number of hydrogen-bond acceptors (Lipinski definition) is 1. The first-order valence-electron chi connectivity index (χ1n) is 6.86. The van der Waals surface area contributed by atoms with Crippen molar-refractivity contribution >= 4 is 27.5 Å². The van der Waals surface area contributed by atoms with Gasteiger partial charge in [-0.2, -0.15) is 0 Å². The van der Waals surface area contributed by atoms with Gasteiger partial charge in [0.2, 0.25) is 0 Å². The average Bonchev–Trinajstić information content (AvgIpc) is 2.68. The largest absolute Gasteiger partial charge is 0.493 e. The van der Waals surface area contributed by atoms with Gasteiger partial charge in [-0.1, -0.05) is 55.2 Å². The molecule has 1 aromatic rings. The molecule has 1 heterocycles. The number of alkyl halides is 1. The highest BCUT2D eigenvalue weighted by Crippen LogP contribution is 2.74. The minimum Gasteiger partial charge on any atom is -0.493 e. The van der Waals surface area contributed by atoms with Crippen LogP contribution in [0, 0.1) is 16.7 Å². The Hall–Kier alpha value is -0.210. The van der Waals surface area contributed by atoms with Crippen molar-refractivity contribution in [1.82, 2.24) is 0 Å². The predicted octanol–water partition coefficient (Wildman–Crippen LogP) is 5.39. The maximum Gasteiger partial charge on any atom is 0.127 e. The van der Waals surface area contributed by atoms with Gasteiger partial charge in [-0.05, 0) is 34.4 Å². The van der Waals surface area contributed by atoms with Gasteiger partial charge in [0.15, 0.2) is 0 Å². The number of rotatable bonds is 2. The molecule has 0 N–H and O–H groups in total. The molecule has 104 valence electrons. The Morgan fingerprint density at radius 1 is 1.26 bits per heavy atom. The molecule has 1 atom stereocenters. The normalized spacial score (nSPS) is 24.7. The topological polar surface area (TPSA) is 9.23 Å². The predicted molar refractivity (Wildman–Crippen MR) is 83.4 cm³/mol. The first kappa shape index (κ1) is 13.8. The van der Waals surface area contributed by atoms with E-state index in [0.29, 0.717) is 21.6 Å². The first-order valence-corrected chi connectivity index (χ1v) is 8.15. The Balaban J connectivity index is 2.00. The summed E-state index contributed by atoms with van der Waals surface area (Å²) in [6.07, 6.45) is 0.972. The van der Waals surface area contributed by atoms with Crippen LogP contribution in [0.3, 0.4) is 0 Å². The van der Waals surface area contributed by atoms with Crippen LogP contribution in [0.1, 0.15) is 43.6 Å². The smallest absolute Gasteiger partial charge is 0.127 e. The molecule has 1 fully saturated rings. The Labute approximate surface area is 128 Å². The Bertz CT molecular complexity index is 522. The Kier molecular flexibility index (Phi) is 3.00. The van der Waals surface area contributed by atoms with E-state index in [4.69, 9.17) is 16.3 Å². The van der Waals surface area contributed by atoms with E-state index in [9.17, 15) is 0 Å². The van der Waals surface area contributed by atoms with Crippen molar-refractivity contribution in [1.29, 1.82) is 0 Å². The molecule has 1 aliphatic heterocycles. The van der Waals surface area contributed by atoms with Crippen molar-refractivity contribution in [3.05, 3.63) is 28.3 Å². The van der Waals surface area contributed by atoms with Crippen molar-refractivity contribution in [2.45, 2.75) is 38.9 Å². The Morgan fingerprint density at radius 2 is 1.89 bits per heavy atom. The summed E-state index contributed by atoms with van der Waals surface area (Å²) in [5, 5.41) is 0.819. The van der Waals surface area contributed by atoms with Crippen LogP contribution in [-0.4, -0.2) is 6.61 Å². The molecule has 3 rings (SSSR count). The third kappa shape index (κ3) is 1.86. The van der Waals surface area contributed by atoms with E-state index in [1.807, 2.05) is 6.07 Å². The van der Waals surface area contributed by atoms with E-state index in [-0.39, 0.29) is 0 Å². The van der Waals surface area contributed by atoms with Gasteiger partial charge in [0.25, 0.3) is 0 Å². The van der Waals surface area contributed by atoms with Crippen molar-refractivity contribution in [3.63, 3.8) is 0 Å². The van der Waals surface area contributed by atoms with Crippen LogP contribution in [0.25, 0.3) is 0 Å². The highest BCUT2D eigenvalue weighted by molar-refractivity contribution is 9.09. The number of benzene rings is 1. The second-order valence-electron chi connectivity index (χ2n) is 6.90. The maximum atomic E-state index is 6.26. The molecule has 1 saturated carbocycles. The fourth-order valence-corrected chi connectivity index (χ4v) is 5.57. The summed E-state index contributed by atoms with van der Waals surface area (Å²) >= 11 is 10.2. The molecule has 19 heavy (non-hydrogen) atoms. The van der Waals surface area contributed by atoms with Gasteiger partial charge in [0, 0.05) is 21.8 Å². The van der Waals surface area contributed by atoms with Crippen molar-refractivity contribution < 1.29 is 4.74 Å². The van der Waals surface area contributed by atoms with Gasteiger partial charge in [0.05, 0.1) is 6.61 Å². The molecular formula is C16H20BrClO. The minimum atomic E-state index is 0.308. The summed E-state index contributed by atoms with van der Waals surface area (Å²) in [5.74, 6) is 1.66. The van der Waals surface area contributed by atoms with Gasteiger partial charge in [-0.15, -0.1) is 0 Å². The van der Waals surface area contributed by atoms with E-state index in [1.165, 1.54) is 11.1 Å². The molecule has 1 nitrogen and oxygen atoms in total. The van der Waals surface area contributed by atoms with Crippen molar-refractivity contribution in [3.8, 4) is 5.75 Å². The maximum absolute atomic E-state index is 6.26. The van der Waals surface area contributed by atoms with Crippen LogP contribution in [-0.2, 0) is 6.42 Å². The summed E-state index contributed by atoms with van der Waals surface area (Å²) in [6.45, 7) is 10.2. The zero-order chi connectivity index (χ0) is 14.0. The first-order chi connectivity index (χ1) is 8.76. The lowest BCUT2D eigenvalue weighted by molar-refractivity contribution is 0.352. The fourth-order valence-electron chi connectivity index (χ4n) is 3.66. The molecular weight excluding hydrogens is 324 g/mol. The van der Waals surface area contributed by atoms with E-state index in [0.717, 1.165) is 23.8 Å². The second kappa shape index (κ2) is 4.14. The number of hydrogen-bond donors (Lipinski definition) is 0. The lowest BCUT2D eigenvalue weighted by atomic mass is 9.99. The third-order valence-corrected chi connectivity index (χ3v) is 6.74. The van der Waals surface area contributed by atoms with Crippen LogP contribution in [0.2, 0.25) is 5.02 Å². The third-order valence-electron chi connectivity index (χ3n) is 5.50. The van der Waals surface area contributed by atoms with Crippen LogP contribution >= 0.6 is 27.5 Å². The van der Waals surface area contributed by atoms with E-state index in [1.54, 1.807) is 0 Å². The van der Waals surface area contributed by atoms with Gasteiger partial charge < -0.3 is 4.74 Å². The molecule has 1 aromatic carbocycles. The summed E-state index contributed by atoms with van der Waals surface area (Å²) < 4.78 is 5.83. The standard InChI is InChI=1S/C16H20BrClO/c1-15(2)14(16(15,3)4)12(17)11-8-10(18)7-9-5-6-19-13(9)11/h7-8,12,14H,5-6H2,1-4H3. The summed E-state index contributed by atoms with van der Waals surface area (Å²) in [7, 11) is 0. The van der Waals surface area contributed by atoms with Gasteiger partial charge in [-0.25, -0.2) is 0 Å². The summed E-state index contributed by atoms with van der Waals surface area (Å²) in [4.78, 5) is 0.308. The number of ether oxygens (including phenoxy) is 1. The molecule has 0 spiro atoms. The molecule has 2 aliphatic rings. The monoisotopic (exact) mass is 342 g/mol. The highest BCUT2D eigenvalue weighted by atomic mass is 79.9. The van der Waals surface area contributed by atoms with E-state index < -0.39 is 0 Å². The quantitative estimate of drug-likeness (QED) is 0.654. The number of fused-ring (bicyclic) bond motifs is 1. The fraction of sp³-hybridized carbons (Fsp3) is 0.625. The summed E-state index contributed by atoms with van der Waals surface area (Å²) in [6, 6.07) is 4.10. The van der Waals surface area contributed by atoms with Crippen LogP contribution in [0.5, 0.6) is 5.75 Å². The second-order valence-corrected chi connectivity index (χ2v) is 8.33. The van der Waals surface area contributed by atoms with Gasteiger partial charge in [-0.3, -0.25) is 0 Å². The molecule has 1 unspecified atom stereocenters. The van der Waals surface area contributed by atoms with Crippen LogP contribution in [0.15, 0.2) is 12.1 Å². The van der Waals surface area contributed by atoms with Gasteiger partial charge >= 0.3 is 0 Å². The average molecular weight is 344 g/mol. The van der Waals surface area contributed by atoms with Crippen LogP contribution in [0.4, 0.5) is 0 Å². The van der Waals surface area contributed by atoms with E-state index in [2.05, 4.69) is 49.7 Å². The Morgan fingerprint density at radius 3 is 2.47 bits per heavy atom. The van der Waals surface area contributed by atoms with Crippen LogP contribution < -0.4 is 4.74 Å². The van der Waals surface area contributed by atoms with Crippen molar-refractivity contribution in [2.75, 3.05) is 6.61 Å². The molecule has 0 saturated heterocycles. The molecule has 3 heteroatoms. The highest BCUT2D eigenvalue weighted by Gasteiger charge is 2.67. The van der Waals surface area contributed by atoms with Gasteiger partial charge in [0.1, 0.15) is 5.75 Å². The molecule has 0 aromatic heterocycles. The molecule has 1 aliphatic carbocycles. The molecule has 0 radical (unpaired) electrons. The number of halogens is 2. The van der Waals surface area contributed by atoms with E-state index >= 15 is 0 Å².